The Labute approximate surface area is 152 Å². The minimum atomic E-state index is -0.674. The van der Waals surface area contributed by atoms with Crippen LogP contribution in [0.2, 0.25) is 0 Å². The minimum absolute atomic E-state index is 0.125. The average Bonchev–Trinajstić information content (AvgIpc) is 2.67. The molecule has 136 valence electrons. The Balaban J connectivity index is 1.65. The molecule has 1 saturated heterocycles. The van der Waals surface area contributed by atoms with E-state index in [1.54, 1.807) is 12.1 Å². The van der Waals surface area contributed by atoms with Gasteiger partial charge in [-0.3, -0.25) is 4.79 Å². The van der Waals surface area contributed by atoms with Crippen molar-refractivity contribution in [2.75, 3.05) is 6.54 Å². The molecule has 3 nitrogen and oxygen atoms in total. The van der Waals surface area contributed by atoms with Crippen molar-refractivity contribution < 1.29 is 13.6 Å². The van der Waals surface area contributed by atoms with E-state index in [1.165, 1.54) is 43.5 Å². The first-order chi connectivity index (χ1) is 12.6. The number of nitrogens with zero attached hydrogens (tertiary/aromatic N) is 2. The van der Waals surface area contributed by atoms with Gasteiger partial charge in [-0.1, -0.05) is 25.0 Å². The van der Waals surface area contributed by atoms with Crippen LogP contribution in [0.3, 0.4) is 0 Å². The van der Waals surface area contributed by atoms with Crippen molar-refractivity contribution in [2.24, 2.45) is 5.92 Å². The second kappa shape index (κ2) is 7.14. The van der Waals surface area contributed by atoms with E-state index in [-0.39, 0.29) is 28.9 Å². The highest BCUT2D eigenvalue weighted by atomic mass is 19.1. The van der Waals surface area contributed by atoms with Crippen LogP contribution >= 0.6 is 0 Å². The maximum atomic E-state index is 14.1. The molecule has 5 heteroatoms. The van der Waals surface area contributed by atoms with Gasteiger partial charge in [-0.25, -0.2) is 13.8 Å². The summed E-state index contributed by atoms with van der Waals surface area (Å²) in [5.41, 5.74) is 0.233. The SMILES string of the molecule is O=C(c1cccc(-c2c(F)cccc2F)n1)N1CCCC2CCCCC21. The number of fused-ring (bicyclic) bond motifs is 1. The van der Waals surface area contributed by atoms with Gasteiger partial charge in [0.15, 0.2) is 0 Å². The predicted octanol–water partition coefficient (Wildman–Crippen LogP) is 4.82. The van der Waals surface area contributed by atoms with E-state index in [1.807, 2.05) is 4.90 Å². The van der Waals surface area contributed by atoms with Crippen molar-refractivity contribution in [2.45, 2.75) is 44.6 Å². The lowest BCUT2D eigenvalue weighted by molar-refractivity contribution is 0.0385. The summed E-state index contributed by atoms with van der Waals surface area (Å²) in [5.74, 6) is -0.895. The summed E-state index contributed by atoms with van der Waals surface area (Å²) < 4.78 is 28.1. The van der Waals surface area contributed by atoms with Crippen molar-refractivity contribution in [1.82, 2.24) is 9.88 Å². The van der Waals surface area contributed by atoms with Crippen molar-refractivity contribution >= 4 is 5.91 Å². The third kappa shape index (κ3) is 3.11. The Morgan fingerprint density at radius 3 is 2.46 bits per heavy atom. The van der Waals surface area contributed by atoms with Crippen LogP contribution in [0.25, 0.3) is 11.3 Å². The van der Waals surface area contributed by atoms with E-state index in [9.17, 15) is 13.6 Å². The van der Waals surface area contributed by atoms with Crippen LogP contribution in [0.4, 0.5) is 8.78 Å². The Morgan fingerprint density at radius 2 is 1.65 bits per heavy atom. The lowest BCUT2D eigenvalue weighted by Crippen LogP contribution is -2.49. The van der Waals surface area contributed by atoms with Crippen LogP contribution in [-0.2, 0) is 0 Å². The molecule has 0 N–H and O–H groups in total. The Bertz CT molecular complexity index is 801. The Kier molecular flexibility index (Phi) is 4.70. The number of rotatable bonds is 2. The molecule has 0 spiro atoms. The number of benzene rings is 1. The van der Waals surface area contributed by atoms with E-state index in [0.717, 1.165) is 25.8 Å². The summed E-state index contributed by atoms with van der Waals surface area (Å²) in [6.07, 6.45) is 6.81. The number of pyridine rings is 1. The number of carbonyl (C=O) groups excluding carboxylic acids is 1. The molecule has 2 unspecified atom stereocenters. The average molecular weight is 356 g/mol. The van der Waals surface area contributed by atoms with E-state index in [2.05, 4.69) is 4.98 Å². The molecule has 1 saturated carbocycles. The van der Waals surface area contributed by atoms with Gasteiger partial charge in [0, 0.05) is 12.6 Å². The fourth-order valence-electron chi connectivity index (χ4n) is 4.46. The molecule has 1 aliphatic heterocycles. The molecule has 2 atom stereocenters. The number of aromatic nitrogens is 1. The summed E-state index contributed by atoms with van der Waals surface area (Å²) >= 11 is 0. The van der Waals surface area contributed by atoms with Crippen LogP contribution in [0.5, 0.6) is 0 Å². The molecular weight excluding hydrogens is 334 g/mol. The van der Waals surface area contributed by atoms with Crippen LogP contribution in [0, 0.1) is 17.6 Å². The Morgan fingerprint density at radius 1 is 0.962 bits per heavy atom. The van der Waals surface area contributed by atoms with Gasteiger partial charge in [-0.15, -0.1) is 0 Å². The van der Waals surface area contributed by atoms with E-state index < -0.39 is 11.6 Å². The van der Waals surface area contributed by atoms with Gasteiger partial charge in [0.05, 0.1) is 11.3 Å². The predicted molar refractivity (Wildman–Crippen MR) is 95.6 cm³/mol. The zero-order valence-electron chi connectivity index (χ0n) is 14.6. The van der Waals surface area contributed by atoms with Crippen molar-refractivity contribution in [3.63, 3.8) is 0 Å². The lowest BCUT2D eigenvalue weighted by Gasteiger charge is -2.44. The summed E-state index contributed by atoms with van der Waals surface area (Å²) in [7, 11) is 0. The van der Waals surface area contributed by atoms with E-state index >= 15 is 0 Å². The van der Waals surface area contributed by atoms with Crippen LogP contribution in [0.1, 0.15) is 49.0 Å². The number of amides is 1. The monoisotopic (exact) mass is 356 g/mol. The van der Waals surface area contributed by atoms with E-state index in [0.29, 0.717) is 5.92 Å². The number of likely N-dealkylation sites (tertiary alicyclic amines) is 1. The molecule has 4 rings (SSSR count). The maximum Gasteiger partial charge on any atom is 0.272 e. The molecule has 2 aromatic rings. The first-order valence-electron chi connectivity index (χ1n) is 9.37. The quantitative estimate of drug-likeness (QED) is 0.773. The van der Waals surface area contributed by atoms with Crippen LogP contribution in [-0.4, -0.2) is 28.4 Å². The topological polar surface area (TPSA) is 33.2 Å². The molecular formula is C21H22F2N2O. The lowest BCUT2D eigenvalue weighted by atomic mass is 9.78. The molecule has 1 aliphatic carbocycles. The molecule has 2 aliphatic rings. The molecule has 2 fully saturated rings. The van der Waals surface area contributed by atoms with Gasteiger partial charge in [0.25, 0.3) is 5.91 Å². The molecule has 1 aromatic heterocycles. The fraction of sp³-hybridized carbons (Fsp3) is 0.429. The maximum absolute atomic E-state index is 14.1. The Hall–Kier alpha value is -2.30. The number of hydrogen-bond donors (Lipinski definition) is 0. The van der Waals surface area contributed by atoms with Gasteiger partial charge in [0.1, 0.15) is 17.3 Å². The summed E-state index contributed by atoms with van der Waals surface area (Å²) in [4.78, 5) is 19.3. The molecule has 0 radical (unpaired) electrons. The highest BCUT2D eigenvalue weighted by molar-refractivity contribution is 5.93. The number of halogens is 2. The molecule has 1 amide bonds. The number of piperidine rings is 1. The smallest absolute Gasteiger partial charge is 0.272 e. The zero-order valence-corrected chi connectivity index (χ0v) is 14.6. The third-order valence-corrected chi connectivity index (χ3v) is 5.69. The van der Waals surface area contributed by atoms with Gasteiger partial charge in [0.2, 0.25) is 0 Å². The van der Waals surface area contributed by atoms with Crippen molar-refractivity contribution in [3.8, 4) is 11.3 Å². The normalized spacial score (nSPS) is 22.8. The summed E-state index contributed by atoms with van der Waals surface area (Å²) in [6, 6.07) is 8.82. The highest BCUT2D eigenvalue weighted by Crippen LogP contribution is 2.36. The van der Waals surface area contributed by atoms with Crippen molar-refractivity contribution in [1.29, 1.82) is 0 Å². The highest BCUT2D eigenvalue weighted by Gasteiger charge is 2.36. The largest absolute Gasteiger partial charge is 0.334 e. The second-order valence-electron chi connectivity index (χ2n) is 7.26. The summed E-state index contributed by atoms with van der Waals surface area (Å²) in [5, 5.41) is 0. The van der Waals surface area contributed by atoms with Gasteiger partial charge < -0.3 is 4.90 Å². The molecule has 1 aromatic carbocycles. The standard InChI is InChI=1S/C21H22F2N2O/c22-15-8-3-9-16(23)20(15)17-10-4-11-18(24-17)21(26)25-13-5-7-14-6-1-2-12-19(14)25/h3-4,8-11,14,19H,1-2,5-7,12-13H2. The minimum Gasteiger partial charge on any atom is -0.334 e. The van der Waals surface area contributed by atoms with Gasteiger partial charge in [-0.05, 0) is 55.9 Å². The summed E-state index contributed by atoms with van der Waals surface area (Å²) in [6.45, 7) is 0.736. The first kappa shape index (κ1) is 17.1. The van der Waals surface area contributed by atoms with Crippen LogP contribution < -0.4 is 0 Å². The fourth-order valence-corrected chi connectivity index (χ4v) is 4.46. The molecule has 2 heterocycles. The van der Waals surface area contributed by atoms with Gasteiger partial charge >= 0.3 is 0 Å². The first-order valence-corrected chi connectivity index (χ1v) is 9.37. The second-order valence-corrected chi connectivity index (χ2v) is 7.26. The number of carbonyl (C=O) groups is 1. The molecule has 0 bridgehead atoms. The van der Waals surface area contributed by atoms with Crippen LogP contribution in [0.15, 0.2) is 36.4 Å². The third-order valence-electron chi connectivity index (χ3n) is 5.69. The molecule has 26 heavy (non-hydrogen) atoms. The number of hydrogen-bond acceptors (Lipinski definition) is 2. The van der Waals surface area contributed by atoms with Crippen molar-refractivity contribution in [3.05, 3.63) is 53.7 Å². The van der Waals surface area contributed by atoms with Gasteiger partial charge in [-0.2, -0.15) is 0 Å². The van der Waals surface area contributed by atoms with E-state index in [4.69, 9.17) is 0 Å². The zero-order chi connectivity index (χ0) is 18.1.